The molecule has 4 heteroatoms. The minimum atomic E-state index is 0.399. The zero-order chi connectivity index (χ0) is 10.0. The molecule has 0 radical (unpaired) electrons. The molecule has 1 atom stereocenters. The van der Waals surface area contributed by atoms with Gasteiger partial charge in [0.1, 0.15) is 10.4 Å². The third kappa shape index (κ3) is 2.11. The van der Waals surface area contributed by atoms with Crippen LogP contribution in [-0.4, -0.2) is 28.5 Å². The molecule has 0 aromatic carbocycles. The Morgan fingerprint density at radius 2 is 2.23 bits per heavy atom. The number of nitrogens with zero attached hydrogens (tertiary/aromatic N) is 3. The summed E-state index contributed by atoms with van der Waals surface area (Å²) in [5, 5.41) is 0. The number of imidazole rings is 1. The van der Waals surface area contributed by atoms with Gasteiger partial charge in [-0.15, -0.1) is 0 Å². The molecule has 0 spiro atoms. The highest BCUT2D eigenvalue weighted by Crippen LogP contribution is 2.22. The van der Waals surface area contributed by atoms with E-state index in [2.05, 4.69) is 51.4 Å². The topological polar surface area (TPSA) is 21.1 Å². The molecule has 0 saturated carbocycles. The first-order valence-electron chi connectivity index (χ1n) is 4.41. The molecule has 0 fully saturated rings. The van der Waals surface area contributed by atoms with Crippen LogP contribution in [0.5, 0.6) is 0 Å². The second-order valence-corrected chi connectivity index (χ2v) is 4.20. The van der Waals surface area contributed by atoms with E-state index >= 15 is 0 Å². The van der Waals surface area contributed by atoms with E-state index in [1.54, 1.807) is 0 Å². The van der Waals surface area contributed by atoms with Crippen molar-refractivity contribution in [2.24, 2.45) is 7.05 Å². The lowest BCUT2D eigenvalue weighted by molar-refractivity contribution is 0.275. The monoisotopic (exact) mass is 245 g/mol. The van der Waals surface area contributed by atoms with E-state index < -0.39 is 0 Å². The maximum absolute atomic E-state index is 4.38. The minimum absolute atomic E-state index is 0.399. The van der Waals surface area contributed by atoms with Crippen LogP contribution >= 0.6 is 15.9 Å². The van der Waals surface area contributed by atoms with Crippen molar-refractivity contribution in [3.63, 3.8) is 0 Å². The summed E-state index contributed by atoms with van der Waals surface area (Å²) < 4.78 is 3.11. The molecular formula is C9H16BrN3. The van der Waals surface area contributed by atoms with E-state index in [1.807, 2.05) is 13.2 Å². The molecule has 1 aromatic rings. The van der Waals surface area contributed by atoms with Crippen molar-refractivity contribution in [3.8, 4) is 0 Å². The lowest BCUT2D eigenvalue weighted by atomic mass is 10.2. The van der Waals surface area contributed by atoms with Crippen molar-refractivity contribution in [2.45, 2.75) is 19.4 Å². The average Bonchev–Trinajstić information content (AvgIpc) is 2.37. The first-order valence-corrected chi connectivity index (χ1v) is 5.20. The Morgan fingerprint density at radius 3 is 2.54 bits per heavy atom. The minimum Gasteiger partial charge on any atom is -0.325 e. The van der Waals surface area contributed by atoms with Crippen LogP contribution in [0.15, 0.2) is 10.8 Å². The summed E-state index contributed by atoms with van der Waals surface area (Å²) in [6.45, 7) is 2.17. The van der Waals surface area contributed by atoms with Gasteiger partial charge >= 0.3 is 0 Å². The van der Waals surface area contributed by atoms with E-state index in [0.29, 0.717) is 6.04 Å². The van der Waals surface area contributed by atoms with E-state index in [0.717, 1.165) is 16.8 Å². The summed E-state index contributed by atoms with van der Waals surface area (Å²) in [6, 6.07) is 0.399. The van der Waals surface area contributed by atoms with Crippen molar-refractivity contribution in [1.29, 1.82) is 0 Å². The zero-order valence-electron chi connectivity index (χ0n) is 8.58. The second kappa shape index (κ2) is 4.24. The summed E-state index contributed by atoms with van der Waals surface area (Å²) in [6.07, 6.45) is 2.92. The third-order valence-electron chi connectivity index (χ3n) is 2.28. The van der Waals surface area contributed by atoms with E-state index in [-0.39, 0.29) is 0 Å². The third-order valence-corrected chi connectivity index (χ3v) is 3.01. The molecule has 1 heterocycles. The number of halogens is 1. The first kappa shape index (κ1) is 10.7. The summed E-state index contributed by atoms with van der Waals surface area (Å²) >= 11 is 3.44. The number of hydrogen-bond acceptors (Lipinski definition) is 2. The lowest BCUT2D eigenvalue weighted by Crippen LogP contribution is -2.22. The van der Waals surface area contributed by atoms with Gasteiger partial charge in [0.25, 0.3) is 0 Å². The highest BCUT2D eigenvalue weighted by Gasteiger charge is 2.17. The predicted octanol–water partition coefficient (Wildman–Crippen LogP) is 2.20. The van der Waals surface area contributed by atoms with Crippen molar-refractivity contribution < 1.29 is 0 Å². The highest BCUT2D eigenvalue weighted by atomic mass is 79.9. The molecule has 13 heavy (non-hydrogen) atoms. The van der Waals surface area contributed by atoms with Gasteiger partial charge < -0.3 is 4.57 Å². The van der Waals surface area contributed by atoms with Crippen LogP contribution in [0.1, 0.15) is 25.2 Å². The van der Waals surface area contributed by atoms with Crippen molar-refractivity contribution in [2.75, 3.05) is 14.1 Å². The Labute approximate surface area is 87.9 Å². The van der Waals surface area contributed by atoms with Crippen LogP contribution in [0.25, 0.3) is 0 Å². The van der Waals surface area contributed by atoms with Crippen molar-refractivity contribution in [3.05, 3.63) is 16.6 Å². The van der Waals surface area contributed by atoms with Crippen LogP contribution in [0.3, 0.4) is 0 Å². The molecule has 3 nitrogen and oxygen atoms in total. The Hall–Kier alpha value is -0.350. The van der Waals surface area contributed by atoms with Crippen molar-refractivity contribution >= 4 is 15.9 Å². The molecule has 0 aliphatic rings. The highest BCUT2D eigenvalue weighted by molar-refractivity contribution is 9.10. The predicted molar refractivity (Wildman–Crippen MR) is 57.6 cm³/mol. The molecule has 0 unspecified atom stereocenters. The summed E-state index contributed by atoms with van der Waals surface area (Å²) in [7, 11) is 6.19. The number of aromatic nitrogens is 2. The fraction of sp³-hybridized carbons (Fsp3) is 0.667. The van der Waals surface area contributed by atoms with Gasteiger partial charge in [-0.1, -0.05) is 6.92 Å². The normalized spacial score (nSPS) is 13.7. The summed E-state index contributed by atoms with van der Waals surface area (Å²) in [4.78, 5) is 6.57. The Balaban J connectivity index is 2.98. The van der Waals surface area contributed by atoms with Gasteiger partial charge in [0.15, 0.2) is 0 Å². The van der Waals surface area contributed by atoms with Gasteiger partial charge in [0, 0.05) is 7.05 Å². The van der Waals surface area contributed by atoms with E-state index in [4.69, 9.17) is 0 Å². The zero-order valence-corrected chi connectivity index (χ0v) is 10.2. The maximum Gasteiger partial charge on any atom is 0.126 e. The average molecular weight is 246 g/mol. The molecule has 0 bridgehead atoms. The molecule has 1 rings (SSSR count). The summed E-state index contributed by atoms with van der Waals surface area (Å²) in [5.41, 5.74) is 0. The second-order valence-electron chi connectivity index (χ2n) is 3.39. The maximum atomic E-state index is 4.38. The smallest absolute Gasteiger partial charge is 0.126 e. The van der Waals surface area contributed by atoms with Crippen LogP contribution in [0.4, 0.5) is 0 Å². The molecule has 74 valence electrons. The molecular weight excluding hydrogens is 230 g/mol. The molecule has 0 aliphatic carbocycles. The number of hydrogen-bond donors (Lipinski definition) is 0. The molecule has 0 saturated heterocycles. The fourth-order valence-corrected chi connectivity index (χ4v) is 1.77. The van der Waals surface area contributed by atoms with Crippen LogP contribution < -0.4 is 0 Å². The molecule has 0 amide bonds. The van der Waals surface area contributed by atoms with Crippen molar-refractivity contribution in [1.82, 2.24) is 14.5 Å². The van der Waals surface area contributed by atoms with Gasteiger partial charge in [-0.25, -0.2) is 4.98 Å². The Kier molecular flexibility index (Phi) is 3.50. The van der Waals surface area contributed by atoms with Crippen LogP contribution in [0, 0.1) is 0 Å². The quantitative estimate of drug-likeness (QED) is 0.815. The summed E-state index contributed by atoms with van der Waals surface area (Å²) in [5.74, 6) is 1.11. The Morgan fingerprint density at radius 1 is 1.62 bits per heavy atom. The van der Waals surface area contributed by atoms with Gasteiger partial charge in [0.2, 0.25) is 0 Å². The van der Waals surface area contributed by atoms with Gasteiger partial charge in [0.05, 0.1) is 12.2 Å². The molecule has 1 aromatic heterocycles. The van der Waals surface area contributed by atoms with E-state index in [1.165, 1.54) is 0 Å². The Bertz CT molecular complexity index is 280. The largest absolute Gasteiger partial charge is 0.325 e. The van der Waals surface area contributed by atoms with Crippen LogP contribution in [0.2, 0.25) is 0 Å². The fourth-order valence-electron chi connectivity index (χ4n) is 1.49. The van der Waals surface area contributed by atoms with Gasteiger partial charge in [-0.3, -0.25) is 4.90 Å². The van der Waals surface area contributed by atoms with Gasteiger partial charge in [-0.2, -0.15) is 0 Å². The lowest BCUT2D eigenvalue weighted by Gasteiger charge is -2.22. The van der Waals surface area contributed by atoms with Gasteiger partial charge in [-0.05, 0) is 36.4 Å². The first-order chi connectivity index (χ1) is 6.07. The SMILES string of the molecule is CC[C@H](c1ncc(Br)n1C)N(C)C. The standard InChI is InChI=1S/C9H16BrN3/c1-5-7(12(2)3)9-11-6-8(10)13(9)4/h6-7H,5H2,1-4H3/t7-/m1/s1. The molecule has 0 N–H and O–H groups in total. The number of rotatable bonds is 3. The van der Waals surface area contributed by atoms with Crippen LogP contribution in [-0.2, 0) is 7.05 Å². The van der Waals surface area contributed by atoms with E-state index in [9.17, 15) is 0 Å². The molecule has 0 aliphatic heterocycles.